The molecule has 110 valence electrons. The van der Waals surface area contributed by atoms with Crippen molar-refractivity contribution in [1.82, 2.24) is 4.98 Å². The van der Waals surface area contributed by atoms with Crippen LogP contribution in [-0.2, 0) is 4.74 Å². The van der Waals surface area contributed by atoms with Gasteiger partial charge < -0.3 is 19.5 Å². The first-order chi connectivity index (χ1) is 10.3. The van der Waals surface area contributed by atoms with Crippen LogP contribution >= 0.6 is 0 Å². The molecule has 5 heteroatoms. The first kappa shape index (κ1) is 12.7. The van der Waals surface area contributed by atoms with Crippen molar-refractivity contribution >= 4 is 16.6 Å². The van der Waals surface area contributed by atoms with E-state index < -0.39 is 0 Å². The molecule has 2 heterocycles. The quantitative estimate of drug-likeness (QED) is 0.940. The van der Waals surface area contributed by atoms with Crippen LogP contribution in [0.2, 0.25) is 0 Å². The van der Waals surface area contributed by atoms with Crippen LogP contribution in [0.1, 0.15) is 19.3 Å². The van der Waals surface area contributed by atoms with E-state index in [4.69, 9.17) is 14.2 Å². The fourth-order valence-electron chi connectivity index (χ4n) is 3.23. The largest absolute Gasteiger partial charge is 0.454 e. The molecule has 2 aliphatic rings. The standard InChI is InChI=1S/C16H18N2O3/c1-19-13-4-2-3-12(13)18-16-11-8-15-14(20-9-21-15)7-10(11)5-6-17-16/h5-8,12-13H,2-4,9H2,1H3,(H,17,18). The van der Waals surface area contributed by atoms with Gasteiger partial charge >= 0.3 is 0 Å². The summed E-state index contributed by atoms with van der Waals surface area (Å²) in [5.74, 6) is 2.48. The number of nitrogens with zero attached hydrogens (tertiary/aromatic N) is 1. The second-order valence-corrected chi connectivity index (χ2v) is 5.54. The van der Waals surface area contributed by atoms with Gasteiger partial charge in [0.2, 0.25) is 6.79 Å². The number of anilines is 1. The molecule has 2 unspecified atom stereocenters. The van der Waals surface area contributed by atoms with Gasteiger partial charge in [0.1, 0.15) is 5.82 Å². The van der Waals surface area contributed by atoms with Crippen molar-refractivity contribution in [2.75, 3.05) is 19.2 Å². The van der Waals surface area contributed by atoms with Crippen LogP contribution in [-0.4, -0.2) is 31.0 Å². The Morgan fingerprint density at radius 2 is 2.10 bits per heavy atom. The average molecular weight is 286 g/mol. The highest BCUT2D eigenvalue weighted by Crippen LogP contribution is 2.38. The van der Waals surface area contributed by atoms with Crippen molar-refractivity contribution in [3.8, 4) is 11.5 Å². The number of benzene rings is 1. The number of aromatic nitrogens is 1. The zero-order chi connectivity index (χ0) is 14.2. The minimum atomic E-state index is 0.260. The molecule has 4 rings (SSSR count). The van der Waals surface area contributed by atoms with E-state index in [0.29, 0.717) is 6.04 Å². The van der Waals surface area contributed by atoms with Gasteiger partial charge in [0.15, 0.2) is 11.5 Å². The molecule has 21 heavy (non-hydrogen) atoms. The monoisotopic (exact) mass is 286 g/mol. The highest BCUT2D eigenvalue weighted by Gasteiger charge is 2.28. The predicted molar refractivity (Wildman–Crippen MR) is 79.9 cm³/mol. The Hall–Kier alpha value is -2.01. The zero-order valence-corrected chi connectivity index (χ0v) is 12.0. The lowest BCUT2D eigenvalue weighted by Crippen LogP contribution is -2.30. The fraction of sp³-hybridized carbons (Fsp3) is 0.438. The van der Waals surface area contributed by atoms with Crippen molar-refractivity contribution in [1.29, 1.82) is 0 Å². The van der Waals surface area contributed by atoms with Gasteiger partial charge in [-0.15, -0.1) is 0 Å². The summed E-state index contributed by atoms with van der Waals surface area (Å²) in [5.41, 5.74) is 0. The van der Waals surface area contributed by atoms with Crippen molar-refractivity contribution in [3.63, 3.8) is 0 Å². The summed E-state index contributed by atoms with van der Waals surface area (Å²) < 4.78 is 16.4. The molecule has 1 aromatic heterocycles. The molecule has 1 aliphatic carbocycles. The Bertz CT molecular complexity index is 674. The molecule has 0 radical (unpaired) electrons. The maximum atomic E-state index is 5.55. The minimum absolute atomic E-state index is 0.260. The lowest BCUT2D eigenvalue weighted by atomic mass is 10.1. The Labute approximate surface area is 123 Å². The Morgan fingerprint density at radius 1 is 1.24 bits per heavy atom. The normalized spacial score (nSPS) is 23.7. The molecular formula is C16H18N2O3. The van der Waals surface area contributed by atoms with Crippen LogP contribution < -0.4 is 14.8 Å². The van der Waals surface area contributed by atoms with E-state index in [9.17, 15) is 0 Å². The maximum Gasteiger partial charge on any atom is 0.231 e. The zero-order valence-electron chi connectivity index (χ0n) is 12.0. The second-order valence-electron chi connectivity index (χ2n) is 5.54. The average Bonchev–Trinajstić information content (AvgIpc) is 3.13. The number of hydrogen-bond acceptors (Lipinski definition) is 5. The Morgan fingerprint density at radius 3 is 2.95 bits per heavy atom. The van der Waals surface area contributed by atoms with Crippen molar-refractivity contribution in [2.45, 2.75) is 31.4 Å². The molecule has 2 aromatic rings. The molecule has 5 nitrogen and oxygen atoms in total. The third-order valence-corrected chi connectivity index (χ3v) is 4.34. The minimum Gasteiger partial charge on any atom is -0.454 e. The molecule has 1 aromatic carbocycles. The van der Waals surface area contributed by atoms with Crippen LogP contribution in [0.4, 0.5) is 5.82 Å². The lowest BCUT2D eigenvalue weighted by molar-refractivity contribution is 0.101. The Balaban J connectivity index is 1.71. The molecule has 1 N–H and O–H groups in total. The predicted octanol–water partition coefficient (Wildman–Crippen LogP) is 2.94. The van der Waals surface area contributed by atoms with Gasteiger partial charge in [-0.25, -0.2) is 4.98 Å². The molecule has 2 atom stereocenters. The lowest BCUT2D eigenvalue weighted by Gasteiger charge is -2.21. The molecular weight excluding hydrogens is 268 g/mol. The number of hydrogen-bond donors (Lipinski definition) is 1. The number of nitrogens with one attached hydrogen (secondary N) is 1. The topological polar surface area (TPSA) is 52.6 Å². The SMILES string of the molecule is COC1CCCC1Nc1nccc2cc3c(cc12)OCO3. The molecule has 1 fully saturated rings. The van der Waals surface area contributed by atoms with Crippen LogP contribution in [0, 0.1) is 0 Å². The fourth-order valence-corrected chi connectivity index (χ4v) is 3.23. The molecule has 0 amide bonds. The number of fused-ring (bicyclic) bond motifs is 2. The van der Waals surface area contributed by atoms with Gasteiger partial charge in [-0.2, -0.15) is 0 Å². The summed E-state index contributed by atoms with van der Waals surface area (Å²) in [5, 5.41) is 5.70. The number of pyridine rings is 1. The van der Waals surface area contributed by atoms with Gasteiger partial charge in [0.05, 0.1) is 12.1 Å². The van der Waals surface area contributed by atoms with Gasteiger partial charge in [-0.05, 0) is 42.8 Å². The number of rotatable bonds is 3. The summed E-state index contributed by atoms with van der Waals surface area (Å²) in [4.78, 5) is 4.50. The van der Waals surface area contributed by atoms with E-state index in [2.05, 4.69) is 10.3 Å². The van der Waals surface area contributed by atoms with Crippen LogP contribution in [0.15, 0.2) is 24.4 Å². The van der Waals surface area contributed by atoms with E-state index in [1.54, 1.807) is 7.11 Å². The van der Waals surface area contributed by atoms with Crippen LogP contribution in [0.25, 0.3) is 10.8 Å². The van der Waals surface area contributed by atoms with Crippen molar-refractivity contribution in [2.24, 2.45) is 0 Å². The molecule has 0 bridgehead atoms. The maximum absolute atomic E-state index is 5.55. The molecule has 1 aliphatic heterocycles. The van der Waals surface area contributed by atoms with Crippen molar-refractivity contribution in [3.05, 3.63) is 24.4 Å². The highest BCUT2D eigenvalue weighted by molar-refractivity contribution is 5.94. The van der Waals surface area contributed by atoms with Gasteiger partial charge in [-0.1, -0.05) is 0 Å². The molecule has 0 saturated heterocycles. The van der Waals surface area contributed by atoms with Crippen LogP contribution in [0.5, 0.6) is 11.5 Å². The summed E-state index contributed by atoms with van der Waals surface area (Å²) in [6.45, 7) is 0.288. The van der Waals surface area contributed by atoms with E-state index in [1.165, 1.54) is 6.42 Å². The first-order valence-corrected chi connectivity index (χ1v) is 7.33. The van der Waals surface area contributed by atoms with Gasteiger partial charge in [-0.3, -0.25) is 0 Å². The van der Waals surface area contributed by atoms with E-state index in [1.807, 2.05) is 24.4 Å². The van der Waals surface area contributed by atoms with Gasteiger partial charge in [0.25, 0.3) is 0 Å². The number of methoxy groups -OCH3 is 1. The molecule has 1 saturated carbocycles. The Kier molecular flexibility index (Phi) is 3.07. The summed E-state index contributed by atoms with van der Waals surface area (Å²) in [6, 6.07) is 6.32. The third kappa shape index (κ3) is 2.17. The summed E-state index contributed by atoms with van der Waals surface area (Å²) in [7, 11) is 1.78. The smallest absolute Gasteiger partial charge is 0.231 e. The van der Waals surface area contributed by atoms with E-state index in [-0.39, 0.29) is 12.9 Å². The third-order valence-electron chi connectivity index (χ3n) is 4.34. The van der Waals surface area contributed by atoms with Crippen LogP contribution in [0.3, 0.4) is 0 Å². The van der Waals surface area contributed by atoms with E-state index in [0.717, 1.165) is 40.9 Å². The summed E-state index contributed by atoms with van der Waals surface area (Å²) >= 11 is 0. The number of ether oxygens (including phenoxy) is 3. The summed E-state index contributed by atoms with van der Waals surface area (Å²) in [6.07, 6.45) is 5.49. The van der Waals surface area contributed by atoms with Crippen molar-refractivity contribution < 1.29 is 14.2 Å². The first-order valence-electron chi connectivity index (χ1n) is 7.33. The highest BCUT2D eigenvalue weighted by atomic mass is 16.7. The second kappa shape index (κ2) is 5.07. The molecule has 0 spiro atoms. The van der Waals surface area contributed by atoms with Gasteiger partial charge in [0, 0.05) is 18.7 Å². The van der Waals surface area contributed by atoms with E-state index >= 15 is 0 Å².